The van der Waals surface area contributed by atoms with Crippen LogP contribution in [0.2, 0.25) is 0 Å². The minimum atomic E-state index is 0.462. The van der Waals surface area contributed by atoms with E-state index in [0.29, 0.717) is 12.6 Å². The first kappa shape index (κ1) is 15.0. The molecule has 0 saturated carbocycles. The van der Waals surface area contributed by atoms with Crippen LogP contribution in [-0.4, -0.2) is 11.0 Å². The van der Waals surface area contributed by atoms with Crippen LogP contribution >= 0.6 is 15.9 Å². The van der Waals surface area contributed by atoms with E-state index in [1.54, 1.807) is 6.20 Å². The highest BCUT2D eigenvalue weighted by atomic mass is 79.9. The van der Waals surface area contributed by atoms with E-state index in [0.717, 1.165) is 28.0 Å². The summed E-state index contributed by atoms with van der Waals surface area (Å²) in [7, 11) is 0. The Morgan fingerprint density at radius 2 is 2.10 bits per heavy atom. The van der Waals surface area contributed by atoms with Crippen molar-refractivity contribution < 1.29 is 4.74 Å². The fourth-order valence-corrected chi connectivity index (χ4v) is 2.15. The van der Waals surface area contributed by atoms with E-state index in [4.69, 9.17) is 4.74 Å². The molecule has 0 aliphatic rings. The molecule has 2 rings (SSSR count). The lowest BCUT2D eigenvalue weighted by Crippen LogP contribution is -2.22. The fourth-order valence-electron chi connectivity index (χ4n) is 1.70. The van der Waals surface area contributed by atoms with Crippen LogP contribution in [0.4, 0.5) is 0 Å². The van der Waals surface area contributed by atoms with Crippen LogP contribution in [0.1, 0.15) is 25.1 Å². The van der Waals surface area contributed by atoms with Crippen LogP contribution in [0.3, 0.4) is 0 Å². The number of aromatic nitrogens is 1. The zero-order valence-electron chi connectivity index (χ0n) is 11.8. The molecule has 0 aliphatic carbocycles. The number of rotatable bonds is 6. The van der Waals surface area contributed by atoms with Crippen molar-refractivity contribution >= 4 is 15.9 Å². The summed E-state index contributed by atoms with van der Waals surface area (Å²) < 4.78 is 6.79. The third-order valence-corrected chi connectivity index (χ3v) is 3.28. The number of hydrogen-bond acceptors (Lipinski definition) is 3. The Bertz CT molecular complexity index is 540. The van der Waals surface area contributed by atoms with Gasteiger partial charge in [-0.1, -0.05) is 41.9 Å². The molecule has 106 valence electrons. The molecule has 0 aliphatic heterocycles. The monoisotopic (exact) mass is 334 g/mol. The Hall–Kier alpha value is -1.39. The molecule has 0 atom stereocenters. The van der Waals surface area contributed by atoms with E-state index in [-0.39, 0.29) is 0 Å². The van der Waals surface area contributed by atoms with Gasteiger partial charge in [-0.15, -0.1) is 0 Å². The quantitative estimate of drug-likeness (QED) is 0.869. The van der Waals surface area contributed by atoms with Gasteiger partial charge in [0.25, 0.3) is 0 Å². The summed E-state index contributed by atoms with van der Waals surface area (Å²) in [5.41, 5.74) is 2.15. The van der Waals surface area contributed by atoms with E-state index < -0.39 is 0 Å². The van der Waals surface area contributed by atoms with Crippen molar-refractivity contribution in [1.82, 2.24) is 10.3 Å². The van der Waals surface area contributed by atoms with Crippen LogP contribution in [0.25, 0.3) is 0 Å². The van der Waals surface area contributed by atoms with Crippen LogP contribution in [0, 0.1) is 0 Å². The molecule has 0 bridgehead atoms. The van der Waals surface area contributed by atoms with Gasteiger partial charge in [0.2, 0.25) is 0 Å². The van der Waals surface area contributed by atoms with E-state index in [2.05, 4.69) is 40.1 Å². The maximum atomic E-state index is 5.72. The zero-order chi connectivity index (χ0) is 14.4. The zero-order valence-corrected chi connectivity index (χ0v) is 13.4. The van der Waals surface area contributed by atoms with Crippen molar-refractivity contribution in [3.63, 3.8) is 0 Å². The normalized spacial score (nSPS) is 10.8. The lowest BCUT2D eigenvalue weighted by Gasteiger charge is -2.09. The minimum absolute atomic E-state index is 0.462. The number of pyridine rings is 1. The molecule has 1 aromatic heterocycles. The molecular formula is C16H19BrN2O. The number of halogens is 1. The predicted octanol–water partition coefficient (Wildman–Crippen LogP) is 3.92. The fraction of sp³-hybridized carbons (Fsp3) is 0.312. The van der Waals surface area contributed by atoms with Crippen LogP contribution in [0.5, 0.6) is 5.75 Å². The van der Waals surface area contributed by atoms with Crippen molar-refractivity contribution in [3.8, 4) is 5.75 Å². The predicted molar refractivity (Wildman–Crippen MR) is 84.7 cm³/mol. The van der Waals surface area contributed by atoms with Gasteiger partial charge in [0.05, 0.1) is 11.9 Å². The van der Waals surface area contributed by atoms with Gasteiger partial charge in [0.1, 0.15) is 12.4 Å². The van der Waals surface area contributed by atoms with Gasteiger partial charge in [0.15, 0.2) is 0 Å². The Morgan fingerprint density at radius 3 is 2.75 bits per heavy atom. The highest BCUT2D eigenvalue weighted by Gasteiger charge is 2.00. The second-order valence-electron chi connectivity index (χ2n) is 4.94. The summed E-state index contributed by atoms with van der Waals surface area (Å²) in [6, 6.07) is 12.5. The van der Waals surface area contributed by atoms with Gasteiger partial charge in [-0.25, -0.2) is 0 Å². The average Bonchev–Trinajstić information content (AvgIpc) is 2.44. The third kappa shape index (κ3) is 4.94. The van der Waals surface area contributed by atoms with E-state index in [9.17, 15) is 0 Å². The van der Waals surface area contributed by atoms with Crippen LogP contribution in [0.15, 0.2) is 47.1 Å². The minimum Gasteiger partial charge on any atom is -0.487 e. The van der Waals surface area contributed by atoms with Gasteiger partial charge < -0.3 is 10.1 Å². The molecule has 1 aromatic carbocycles. The van der Waals surface area contributed by atoms with Crippen molar-refractivity contribution in [2.45, 2.75) is 33.0 Å². The number of benzene rings is 1. The molecule has 2 aromatic rings. The molecule has 1 N–H and O–H groups in total. The van der Waals surface area contributed by atoms with Gasteiger partial charge in [-0.3, -0.25) is 4.98 Å². The molecule has 0 spiro atoms. The Labute approximate surface area is 128 Å². The molecular weight excluding hydrogens is 316 g/mol. The van der Waals surface area contributed by atoms with Gasteiger partial charge >= 0.3 is 0 Å². The number of ether oxygens (including phenoxy) is 1. The highest BCUT2D eigenvalue weighted by molar-refractivity contribution is 9.10. The maximum absolute atomic E-state index is 5.72. The third-order valence-electron chi connectivity index (χ3n) is 2.78. The summed E-state index contributed by atoms with van der Waals surface area (Å²) in [4.78, 5) is 4.38. The SMILES string of the molecule is CC(C)NCc1ccc(OCc2cccc(Br)c2)cn1. The van der Waals surface area contributed by atoms with Crippen molar-refractivity contribution in [1.29, 1.82) is 0 Å². The average molecular weight is 335 g/mol. The smallest absolute Gasteiger partial charge is 0.138 e. The van der Waals surface area contributed by atoms with Crippen LogP contribution in [-0.2, 0) is 13.2 Å². The van der Waals surface area contributed by atoms with E-state index in [1.807, 2.05) is 36.4 Å². The molecule has 0 unspecified atom stereocenters. The van der Waals surface area contributed by atoms with Gasteiger partial charge in [-0.2, -0.15) is 0 Å². The summed E-state index contributed by atoms with van der Waals surface area (Å²) >= 11 is 3.45. The largest absolute Gasteiger partial charge is 0.487 e. The van der Waals surface area contributed by atoms with Crippen molar-refractivity contribution in [2.75, 3.05) is 0 Å². The number of nitrogens with zero attached hydrogens (tertiary/aromatic N) is 1. The molecule has 0 fully saturated rings. The van der Waals surface area contributed by atoms with Gasteiger partial charge in [-0.05, 0) is 29.8 Å². The Balaban J connectivity index is 1.87. The van der Waals surface area contributed by atoms with E-state index in [1.165, 1.54) is 0 Å². The summed E-state index contributed by atoms with van der Waals surface area (Å²) in [5, 5.41) is 3.34. The Kier molecular flexibility index (Phi) is 5.56. The molecule has 4 heteroatoms. The standard InChI is InChI=1S/C16H19BrN2O/c1-12(2)18-9-15-6-7-16(10-19-15)20-11-13-4-3-5-14(17)8-13/h3-8,10,12,18H,9,11H2,1-2H3. The second kappa shape index (κ2) is 7.41. The molecule has 0 saturated heterocycles. The second-order valence-corrected chi connectivity index (χ2v) is 5.86. The molecule has 1 heterocycles. The summed E-state index contributed by atoms with van der Waals surface area (Å²) in [6.45, 7) is 5.57. The Morgan fingerprint density at radius 1 is 1.25 bits per heavy atom. The lowest BCUT2D eigenvalue weighted by molar-refractivity contribution is 0.304. The van der Waals surface area contributed by atoms with Crippen LogP contribution < -0.4 is 10.1 Å². The maximum Gasteiger partial charge on any atom is 0.138 e. The van der Waals surface area contributed by atoms with Crippen molar-refractivity contribution in [3.05, 3.63) is 58.3 Å². The first-order chi connectivity index (χ1) is 9.63. The summed E-state index contributed by atoms with van der Waals surface area (Å²) in [5.74, 6) is 0.790. The van der Waals surface area contributed by atoms with E-state index >= 15 is 0 Å². The topological polar surface area (TPSA) is 34.1 Å². The number of nitrogens with one attached hydrogen (secondary N) is 1. The number of hydrogen-bond donors (Lipinski definition) is 1. The van der Waals surface area contributed by atoms with Crippen molar-refractivity contribution in [2.24, 2.45) is 0 Å². The summed E-state index contributed by atoms with van der Waals surface area (Å²) in [6.07, 6.45) is 1.77. The molecule has 3 nitrogen and oxygen atoms in total. The first-order valence-electron chi connectivity index (χ1n) is 6.69. The molecule has 0 amide bonds. The molecule has 20 heavy (non-hydrogen) atoms. The highest BCUT2D eigenvalue weighted by Crippen LogP contribution is 2.15. The van der Waals surface area contributed by atoms with Gasteiger partial charge in [0, 0.05) is 17.1 Å². The molecule has 0 radical (unpaired) electrons. The lowest BCUT2D eigenvalue weighted by atomic mass is 10.2. The first-order valence-corrected chi connectivity index (χ1v) is 7.48.